The van der Waals surface area contributed by atoms with Gasteiger partial charge in [0.15, 0.2) is 6.61 Å². The molecule has 1 aromatic rings. The zero-order valence-electron chi connectivity index (χ0n) is 9.40. The molecule has 0 atom stereocenters. The van der Waals surface area contributed by atoms with Gasteiger partial charge in [0.2, 0.25) is 0 Å². The van der Waals surface area contributed by atoms with E-state index >= 15 is 0 Å². The Morgan fingerprint density at radius 2 is 2.11 bits per heavy atom. The molecule has 18 heavy (non-hydrogen) atoms. The fourth-order valence-corrected chi connectivity index (χ4v) is 1.62. The Bertz CT molecular complexity index is 412. The van der Waals surface area contributed by atoms with Gasteiger partial charge in [0.25, 0.3) is 5.91 Å². The molecule has 0 spiro atoms. The molecular formula is C11H13BrFNO4. The lowest BCUT2D eigenvalue weighted by Crippen LogP contribution is -2.42. The number of hydrogen-bond donors (Lipinski definition) is 3. The SMILES string of the molecule is O=C(COc1ccc(F)cc1Br)NC(CO)CO. The van der Waals surface area contributed by atoms with Crippen molar-refractivity contribution in [1.82, 2.24) is 5.32 Å². The number of halogens is 2. The molecule has 100 valence electrons. The highest BCUT2D eigenvalue weighted by Crippen LogP contribution is 2.25. The minimum atomic E-state index is -0.710. The number of hydrogen-bond acceptors (Lipinski definition) is 4. The first-order valence-electron chi connectivity index (χ1n) is 5.15. The molecule has 0 heterocycles. The monoisotopic (exact) mass is 321 g/mol. The molecule has 1 amide bonds. The van der Waals surface area contributed by atoms with Crippen molar-refractivity contribution in [2.45, 2.75) is 6.04 Å². The van der Waals surface area contributed by atoms with Gasteiger partial charge in [0.05, 0.1) is 23.7 Å². The van der Waals surface area contributed by atoms with E-state index in [2.05, 4.69) is 21.2 Å². The van der Waals surface area contributed by atoms with Crippen molar-refractivity contribution in [1.29, 1.82) is 0 Å². The fourth-order valence-electron chi connectivity index (χ4n) is 1.15. The van der Waals surface area contributed by atoms with E-state index in [1.807, 2.05) is 0 Å². The van der Waals surface area contributed by atoms with Crippen molar-refractivity contribution in [3.05, 3.63) is 28.5 Å². The normalized spacial score (nSPS) is 10.5. The summed E-state index contributed by atoms with van der Waals surface area (Å²) in [4.78, 5) is 11.4. The van der Waals surface area contributed by atoms with E-state index in [4.69, 9.17) is 14.9 Å². The third-order valence-electron chi connectivity index (χ3n) is 2.06. The molecule has 5 nitrogen and oxygen atoms in total. The maximum atomic E-state index is 12.8. The standard InChI is InChI=1S/C11H13BrFNO4/c12-9-3-7(13)1-2-10(9)18-6-11(17)14-8(4-15)5-16/h1-3,8,15-16H,4-6H2,(H,14,17). The second-order valence-electron chi connectivity index (χ2n) is 3.49. The Kier molecular flexibility index (Phi) is 6.03. The molecule has 0 radical (unpaired) electrons. The second-order valence-corrected chi connectivity index (χ2v) is 4.35. The van der Waals surface area contributed by atoms with Crippen molar-refractivity contribution in [2.75, 3.05) is 19.8 Å². The molecular weight excluding hydrogens is 309 g/mol. The highest BCUT2D eigenvalue weighted by molar-refractivity contribution is 9.10. The smallest absolute Gasteiger partial charge is 0.258 e. The van der Waals surface area contributed by atoms with Crippen LogP contribution in [0.15, 0.2) is 22.7 Å². The van der Waals surface area contributed by atoms with E-state index in [0.29, 0.717) is 10.2 Å². The van der Waals surface area contributed by atoms with Crippen LogP contribution in [0.5, 0.6) is 5.75 Å². The number of nitrogens with one attached hydrogen (secondary N) is 1. The molecule has 0 aliphatic carbocycles. The number of ether oxygens (including phenoxy) is 1. The summed E-state index contributed by atoms with van der Waals surface area (Å²) < 4.78 is 18.3. The summed E-state index contributed by atoms with van der Waals surface area (Å²) >= 11 is 3.10. The van der Waals surface area contributed by atoms with Crippen LogP contribution in [0.3, 0.4) is 0 Å². The summed E-state index contributed by atoms with van der Waals surface area (Å²) in [6.45, 7) is -1.01. The molecule has 0 aliphatic rings. The van der Waals surface area contributed by atoms with Gasteiger partial charge in [0, 0.05) is 0 Å². The number of aliphatic hydroxyl groups excluding tert-OH is 2. The van der Waals surface area contributed by atoms with Gasteiger partial charge in [-0.15, -0.1) is 0 Å². The number of amides is 1. The number of rotatable bonds is 6. The summed E-state index contributed by atoms with van der Waals surface area (Å²) in [5, 5.41) is 19.9. The van der Waals surface area contributed by atoms with Crippen LogP contribution in [-0.2, 0) is 4.79 Å². The lowest BCUT2D eigenvalue weighted by molar-refractivity contribution is -0.124. The molecule has 3 N–H and O–H groups in total. The summed E-state index contributed by atoms with van der Waals surface area (Å²) in [6, 6.07) is 3.11. The van der Waals surface area contributed by atoms with E-state index in [0.717, 1.165) is 0 Å². The quantitative estimate of drug-likeness (QED) is 0.710. The van der Waals surface area contributed by atoms with Crippen molar-refractivity contribution in [2.24, 2.45) is 0 Å². The Labute approximate surface area is 112 Å². The van der Waals surface area contributed by atoms with Crippen LogP contribution in [0.2, 0.25) is 0 Å². The van der Waals surface area contributed by atoms with E-state index in [1.165, 1.54) is 18.2 Å². The van der Waals surface area contributed by atoms with Gasteiger partial charge in [-0.3, -0.25) is 4.79 Å². The number of benzene rings is 1. The molecule has 1 rings (SSSR count). The lowest BCUT2D eigenvalue weighted by Gasteiger charge is -2.14. The zero-order valence-corrected chi connectivity index (χ0v) is 11.0. The molecule has 0 saturated carbocycles. The van der Waals surface area contributed by atoms with Gasteiger partial charge >= 0.3 is 0 Å². The fraction of sp³-hybridized carbons (Fsp3) is 0.364. The van der Waals surface area contributed by atoms with Gasteiger partial charge in [-0.05, 0) is 34.1 Å². The number of aliphatic hydroxyl groups is 2. The Balaban J connectivity index is 2.47. The Hall–Kier alpha value is -1.18. The summed E-state index contributed by atoms with van der Waals surface area (Å²) in [5.74, 6) is -0.574. The van der Waals surface area contributed by atoms with Crippen molar-refractivity contribution >= 4 is 21.8 Å². The van der Waals surface area contributed by atoms with Gasteiger partial charge in [0.1, 0.15) is 11.6 Å². The highest BCUT2D eigenvalue weighted by Gasteiger charge is 2.11. The Morgan fingerprint density at radius 1 is 1.44 bits per heavy atom. The number of carbonyl (C=O) groups is 1. The molecule has 0 aliphatic heterocycles. The van der Waals surface area contributed by atoms with Gasteiger partial charge in [-0.2, -0.15) is 0 Å². The van der Waals surface area contributed by atoms with Crippen LogP contribution in [-0.4, -0.2) is 42.0 Å². The average molecular weight is 322 g/mol. The second kappa shape index (κ2) is 7.30. The zero-order chi connectivity index (χ0) is 13.5. The van der Waals surface area contributed by atoms with Gasteiger partial charge in [-0.25, -0.2) is 4.39 Å². The van der Waals surface area contributed by atoms with Crippen LogP contribution >= 0.6 is 15.9 Å². The van der Waals surface area contributed by atoms with Crippen LogP contribution in [0.25, 0.3) is 0 Å². The van der Waals surface area contributed by atoms with E-state index in [-0.39, 0.29) is 19.8 Å². The van der Waals surface area contributed by atoms with Crippen molar-refractivity contribution in [3.63, 3.8) is 0 Å². The minimum absolute atomic E-state index is 0.291. The predicted molar refractivity (Wildman–Crippen MR) is 65.7 cm³/mol. The molecule has 0 bridgehead atoms. The Morgan fingerprint density at radius 3 is 2.67 bits per heavy atom. The van der Waals surface area contributed by atoms with Crippen LogP contribution < -0.4 is 10.1 Å². The lowest BCUT2D eigenvalue weighted by atomic mass is 10.3. The van der Waals surface area contributed by atoms with Crippen LogP contribution in [0.1, 0.15) is 0 Å². The summed E-state index contributed by atoms with van der Waals surface area (Å²) in [5.41, 5.74) is 0. The molecule has 0 aromatic heterocycles. The van der Waals surface area contributed by atoms with Crippen LogP contribution in [0, 0.1) is 5.82 Å². The molecule has 7 heteroatoms. The third-order valence-corrected chi connectivity index (χ3v) is 2.68. The van der Waals surface area contributed by atoms with Crippen molar-refractivity contribution < 1.29 is 24.1 Å². The highest BCUT2D eigenvalue weighted by atomic mass is 79.9. The topological polar surface area (TPSA) is 78.8 Å². The molecule has 0 saturated heterocycles. The summed E-state index contributed by atoms with van der Waals surface area (Å²) in [7, 11) is 0. The third kappa shape index (κ3) is 4.59. The summed E-state index contributed by atoms with van der Waals surface area (Å²) in [6.07, 6.45) is 0. The molecule has 1 aromatic carbocycles. The molecule has 0 unspecified atom stereocenters. The average Bonchev–Trinajstić information content (AvgIpc) is 2.35. The maximum Gasteiger partial charge on any atom is 0.258 e. The first-order chi connectivity index (χ1) is 8.56. The minimum Gasteiger partial charge on any atom is -0.483 e. The van der Waals surface area contributed by atoms with Crippen molar-refractivity contribution in [3.8, 4) is 5.75 Å². The predicted octanol–water partition coefficient (Wildman–Crippen LogP) is 0.436. The first kappa shape index (κ1) is 14.9. The van der Waals surface area contributed by atoms with Crippen LogP contribution in [0.4, 0.5) is 4.39 Å². The first-order valence-corrected chi connectivity index (χ1v) is 5.95. The molecule has 0 fully saturated rings. The number of carbonyl (C=O) groups excluding carboxylic acids is 1. The van der Waals surface area contributed by atoms with E-state index in [9.17, 15) is 9.18 Å². The van der Waals surface area contributed by atoms with Gasteiger partial charge in [-0.1, -0.05) is 0 Å². The van der Waals surface area contributed by atoms with Gasteiger partial charge < -0.3 is 20.3 Å². The maximum absolute atomic E-state index is 12.8. The largest absolute Gasteiger partial charge is 0.483 e. The van der Waals surface area contributed by atoms with E-state index < -0.39 is 17.8 Å². The van der Waals surface area contributed by atoms with E-state index in [1.54, 1.807) is 0 Å².